The predicted octanol–water partition coefficient (Wildman–Crippen LogP) is 5.46. The minimum atomic E-state index is 0.217. The van der Waals surface area contributed by atoms with E-state index in [0.717, 1.165) is 0 Å². The van der Waals surface area contributed by atoms with Gasteiger partial charge in [-0.3, -0.25) is 0 Å². The lowest BCUT2D eigenvalue weighted by Gasteiger charge is -2.25. The van der Waals surface area contributed by atoms with Gasteiger partial charge in [0, 0.05) is 12.7 Å². The van der Waals surface area contributed by atoms with Gasteiger partial charge in [0.25, 0.3) is 0 Å². The molecule has 19 heavy (non-hydrogen) atoms. The lowest BCUT2D eigenvalue weighted by molar-refractivity contribution is 0.584. The Kier molecular flexibility index (Phi) is 5.90. The number of aryl methyl sites for hydroxylation is 1. The molecule has 108 valence electrons. The molecule has 0 heterocycles. The molecule has 1 aromatic rings. The van der Waals surface area contributed by atoms with Gasteiger partial charge in [-0.25, -0.2) is 0 Å². The van der Waals surface area contributed by atoms with Crippen LogP contribution >= 0.6 is 0 Å². The zero-order chi connectivity index (χ0) is 14.5. The van der Waals surface area contributed by atoms with Crippen LogP contribution in [-0.2, 0) is 11.8 Å². The summed E-state index contributed by atoms with van der Waals surface area (Å²) in [6.45, 7) is 11.4. The summed E-state index contributed by atoms with van der Waals surface area (Å²) < 4.78 is 0. The lowest BCUT2D eigenvalue weighted by Crippen LogP contribution is -2.15. The molecule has 0 fully saturated rings. The van der Waals surface area contributed by atoms with Gasteiger partial charge >= 0.3 is 0 Å². The quantitative estimate of drug-likeness (QED) is 0.671. The number of benzene rings is 1. The molecule has 0 saturated heterocycles. The van der Waals surface area contributed by atoms with Crippen LogP contribution in [0.4, 0.5) is 5.69 Å². The van der Waals surface area contributed by atoms with Crippen molar-refractivity contribution in [3.8, 4) is 0 Å². The molecule has 0 aliphatic heterocycles. The van der Waals surface area contributed by atoms with Crippen molar-refractivity contribution >= 4 is 5.69 Å². The highest BCUT2D eigenvalue weighted by atomic mass is 14.8. The molecule has 1 heteroatoms. The summed E-state index contributed by atoms with van der Waals surface area (Å²) >= 11 is 0. The highest BCUT2D eigenvalue weighted by Crippen LogP contribution is 2.31. The van der Waals surface area contributed by atoms with Crippen molar-refractivity contribution in [1.29, 1.82) is 0 Å². The van der Waals surface area contributed by atoms with Crippen LogP contribution in [0.25, 0.3) is 0 Å². The van der Waals surface area contributed by atoms with Gasteiger partial charge in [-0.05, 0) is 47.9 Å². The number of anilines is 1. The molecule has 0 atom stereocenters. The first-order valence-electron chi connectivity index (χ1n) is 7.72. The maximum atomic E-state index is 3.35. The van der Waals surface area contributed by atoms with Crippen LogP contribution < -0.4 is 5.32 Å². The standard InChI is InChI=1S/C18H31N/c1-7-8-9-10-11-15-12-16(18(3,4)5)14(2)17(13-15)19-6/h12-13,19H,7-11H2,1-6H3. The zero-order valence-electron chi connectivity index (χ0n) is 13.7. The third kappa shape index (κ3) is 4.56. The number of nitrogens with one attached hydrogen (secondary N) is 1. The molecule has 1 rings (SSSR count). The van der Waals surface area contributed by atoms with Crippen molar-refractivity contribution in [2.45, 2.75) is 72.1 Å². The average Bonchev–Trinajstić information content (AvgIpc) is 2.34. The number of unbranched alkanes of at least 4 members (excludes halogenated alkanes) is 3. The largest absolute Gasteiger partial charge is 0.388 e. The van der Waals surface area contributed by atoms with Crippen molar-refractivity contribution < 1.29 is 0 Å². The Bertz CT molecular complexity index is 399. The van der Waals surface area contributed by atoms with Crippen molar-refractivity contribution in [1.82, 2.24) is 0 Å². The Morgan fingerprint density at radius 3 is 2.26 bits per heavy atom. The number of rotatable bonds is 6. The first-order chi connectivity index (χ1) is 8.90. The molecule has 0 radical (unpaired) electrons. The van der Waals surface area contributed by atoms with Crippen LogP contribution in [-0.4, -0.2) is 7.05 Å². The van der Waals surface area contributed by atoms with E-state index in [1.165, 1.54) is 54.5 Å². The molecule has 0 aromatic heterocycles. The molecule has 1 nitrogen and oxygen atoms in total. The summed E-state index contributed by atoms with van der Waals surface area (Å²) in [6, 6.07) is 4.75. The topological polar surface area (TPSA) is 12.0 Å². The summed E-state index contributed by atoms with van der Waals surface area (Å²) in [5.74, 6) is 0. The van der Waals surface area contributed by atoms with Crippen LogP contribution in [0.1, 0.15) is 70.1 Å². The van der Waals surface area contributed by atoms with Crippen molar-refractivity contribution in [3.63, 3.8) is 0 Å². The molecular weight excluding hydrogens is 230 g/mol. The van der Waals surface area contributed by atoms with E-state index in [0.29, 0.717) is 0 Å². The van der Waals surface area contributed by atoms with Gasteiger partial charge in [0.05, 0.1) is 0 Å². The van der Waals surface area contributed by atoms with Crippen LogP contribution in [0.15, 0.2) is 12.1 Å². The number of hydrogen-bond acceptors (Lipinski definition) is 1. The predicted molar refractivity (Wildman–Crippen MR) is 87.3 cm³/mol. The molecule has 0 aliphatic carbocycles. The van der Waals surface area contributed by atoms with Crippen LogP contribution in [0.5, 0.6) is 0 Å². The first-order valence-corrected chi connectivity index (χ1v) is 7.72. The second-order valence-electron chi connectivity index (χ2n) is 6.63. The minimum Gasteiger partial charge on any atom is -0.388 e. The summed E-state index contributed by atoms with van der Waals surface area (Å²) in [7, 11) is 2.02. The summed E-state index contributed by atoms with van der Waals surface area (Å²) in [5, 5.41) is 3.35. The first kappa shape index (κ1) is 16.1. The van der Waals surface area contributed by atoms with E-state index in [2.05, 4.69) is 52.1 Å². The fraction of sp³-hybridized carbons (Fsp3) is 0.667. The zero-order valence-corrected chi connectivity index (χ0v) is 13.7. The molecule has 0 amide bonds. The second kappa shape index (κ2) is 6.98. The van der Waals surface area contributed by atoms with Gasteiger partial charge in [-0.2, -0.15) is 0 Å². The van der Waals surface area contributed by atoms with E-state index in [9.17, 15) is 0 Å². The van der Waals surface area contributed by atoms with Crippen molar-refractivity contribution in [2.75, 3.05) is 12.4 Å². The molecule has 0 aliphatic rings. The Hall–Kier alpha value is -0.980. The minimum absolute atomic E-state index is 0.217. The Morgan fingerprint density at radius 1 is 1.05 bits per heavy atom. The summed E-state index contributed by atoms with van der Waals surface area (Å²) in [4.78, 5) is 0. The van der Waals surface area contributed by atoms with E-state index in [4.69, 9.17) is 0 Å². The highest BCUT2D eigenvalue weighted by Gasteiger charge is 2.18. The van der Waals surface area contributed by atoms with Gasteiger partial charge in [0.15, 0.2) is 0 Å². The maximum absolute atomic E-state index is 3.35. The van der Waals surface area contributed by atoms with Gasteiger partial charge in [0.1, 0.15) is 0 Å². The van der Waals surface area contributed by atoms with Crippen LogP contribution in [0, 0.1) is 6.92 Å². The third-order valence-corrected chi connectivity index (χ3v) is 3.86. The monoisotopic (exact) mass is 261 g/mol. The van der Waals surface area contributed by atoms with E-state index in [-0.39, 0.29) is 5.41 Å². The smallest absolute Gasteiger partial charge is 0.0373 e. The molecule has 0 saturated carbocycles. The van der Waals surface area contributed by atoms with Crippen LogP contribution in [0.2, 0.25) is 0 Å². The lowest BCUT2D eigenvalue weighted by atomic mass is 9.82. The van der Waals surface area contributed by atoms with Crippen LogP contribution in [0.3, 0.4) is 0 Å². The van der Waals surface area contributed by atoms with Gasteiger partial charge in [-0.1, -0.05) is 53.0 Å². The summed E-state index contributed by atoms with van der Waals surface area (Å²) in [5.41, 5.74) is 5.86. The van der Waals surface area contributed by atoms with E-state index in [1.54, 1.807) is 0 Å². The number of hydrogen-bond donors (Lipinski definition) is 1. The van der Waals surface area contributed by atoms with Gasteiger partial charge in [-0.15, -0.1) is 0 Å². The fourth-order valence-corrected chi connectivity index (χ4v) is 2.71. The molecular formula is C18H31N. The summed E-state index contributed by atoms with van der Waals surface area (Å²) in [6.07, 6.45) is 6.53. The fourth-order valence-electron chi connectivity index (χ4n) is 2.71. The SMILES string of the molecule is CCCCCCc1cc(NC)c(C)c(C(C)(C)C)c1. The normalized spacial score (nSPS) is 11.7. The Morgan fingerprint density at radius 2 is 1.74 bits per heavy atom. The van der Waals surface area contributed by atoms with E-state index in [1.807, 2.05) is 7.05 Å². The second-order valence-corrected chi connectivity index (χ2v) is 6.63. The average molecular weight is 261 g/mol. The third-order valence-electron chi connectivity index (χ3n) is 3.86. The van der Waals surface area contributed by atoms with Crippen molar-refractivity contribution in [2.24, 2.45) is 0 Å². The Labute approximate surface area is 119 Å². The molecule has 0 spiro atoms. The van der Waals surface area contributed by atoms with Gasteiger partial charge in [0.2, 0.25) is 0 Å². The molecule has 1 N–H and O–H groups in total. The molecule has 0 bridgehead atoms. The van der Waals surface area contributed by atoms with E-state index >= 15 is 0 Å². The molecule has 1 aromatic carbocycles. The van der Waals surface area contributed by atoms with Gasteiger partial charge < -0.3 is 5.32 Å². The van der Waals surface area contributed by atoms with E-state index < -0.39 is 0 Å². The molecule has 0 unspecified atom stereocenters. The van der Waals surface area contributed by atoms with Crippen molar-refractivity contribution in [3.05, 3.63) is 28.8 Å². The highest BCUT2D eigenvalue weighted by molar-refractivity contribution is 5.57. The Balaban J connectivity index is 2.94. The maximum Gasteiger partial charge on any atom is 0.0373 e.